The van der Waals surface area contributed by atoms with Crippen LogP contribution in [0.3, 0.4) is 0 Å². The van der Waals surface area contributed by atoms with Gasteiger partial charge >= 0.3 is 5.97 Å². The van der Waals surface area contributed by atoms with Crippen LogP contribution in [-0.4, -0.2) is 43.9 Å². The minimum atomic E-state index is -4.10. The number of hydrogen-bond acceptors (Lipinski definition) is 7. The number of carbonyl (C=O) groups excluding carboxylic acids is 1. The van der Waals surface area contributed by atoms with Crippen LogP contribution < -0.4 is 15.4 Å². The highest BCUT2D eigenvalue weighted by Gasteiger charge is 2.37. The number of rotatable bonds is 10. The number of ether oxygens (including phenoxy) is 1. The molecule has 3 rings (SSSR count). The predicted molar refractivity (Wildman–Crippen MR) is 148 cm³/mol. The lowest BCUT2D eigenvalue weighted by Gasteiger charge is -2.24. The number of azide groups is 1. The van der Waals surface area contributed by atoms with Crippen LogP contribution in [0.25, 0.3) is 10.4 Å². The minimum Gasteiger partial charge on any atom is -0.480 e. The Labute approximate surface area is 232 Å². The summed E-state index contributed by atoms with van der Waals surface area (Å²) in [5, 5.41) is 26.1. The number of carbonyl (C=O) groups is 2. The molecule has 214 valence electrons. The highest BCUT2D eigenvalue weighted by Crippen LogP contribution is 2.43. The molecule has 14 heteroatoms. The average Bonchev–Trinajstić information content (AvgIpc) is 3.19. The van der Waals surface area contributed by atoms with E-state index in [-0.39, 0.29) is 35.5 Å². The molecular formula is C26H33N7O6S. The highest BCUT2D eigenvalue weighted by atomic mass is 32.2. The van der Waals surface area contributed by atoms with Gasteiger partial charge in [-0.1, -0.05) is 17.2 Å². The van der Waals surface area contributed by atoms with E-state index in [9.17, 15) is 23.1 Å². The van der Waals surface area contributed by atoms with E-state index < -0.39 is 39.5 Å². The molecule has 0 spiro atoms. The summed E-state index contributed by atoms with van der Waals surface area (Å²) in [5.74, 6) is -2.36. The van der Waals surface area contributed by atoms with Crippen molar-refractivity contribution in [3.63, 3.8) is 0 Å². The van der Waals surface area contributed by atoms with Crippen molar-refractivity contribution in [3.05, 3.63) is 68.1 Å². The van der Waals surface area contributed by atoms with E-state index in [1.807, 2.05) is 20.8 Å². The molecule has 0 unspecified atom stereocenters. The molecule has 2 aromatic carbocycles. The monoisotopic (exact) mass is 571 g/mol. The van der Waals surface area contributed by atoms with Crippen LogP contribution in [0.4, 0.5) is 5.69 Å². The summed E-state index contributed by atoms with van der Waals surface area (Å²) in [6.07, 6.45) is 0.227. The molecule has 40 heavy (non-hydrogen) atoms. The lowest BCUT2D eigenvalue weighted by molar-refractivity contribution is -0.139. The summed E-state index contributed by atoms with van der Waals surface area (Å²) in [5.41, 5.74) is 12.2. The van der Waals surface area contributed by atoms with Crippen molar-refractivity contribution in [1.29, 1.82) is 5.41 Å². The molecule has 1 atom stereocenters. The average molecular weight is 572 g/mol. The summed E-state index contributed by atoms with van der Waals surface area (Å²) < 4.78 is 34.7. The topological polar surface area (TPSA) is 206 Å². The molecule has 0 radical (unpaired) electrons. The molecule has 1 aliphatic rings. The Bertz CT molecular complexity index is 1510. The van der Waals surface area contributed by atoms with Crippen LogP contribution in [0, 0.1) is 26.2 Å². The maximum Gasteiger partial charge on any atom is 0.326 e. The van der Waals surface area contributed by atoms with E-state index in [2.05, 4.69) is 25.4 Å². The molecule has 5 N–H and O–H groups in total. The number of sulfonamides is 1. The van der Waals surface area contributed by atoms with E-state index in [0.717, 1.165) is 16.7 Å². The molecular weight excluding hydrogens is 538 g/mol. The lowest BCUT2D eigenvalue weighted by atomic mass is 9.87. The van der Waals surface area contributed by atoms with E-state index in [1.54, 1.807) is 13.8 Å². The van der Waals surface area contributed by atoms with Gasteiger partial charge in [-0.3, -0.25) is 10.2 Å². The Morgan fingerprint density at radius 3 is 2.58 bits per heavy atom. The number of nitrogens with one attached hydrogen (secondary N) is 4. The Kier molecular flexibility index (Phi) is 9.08. The molecule has 1 aliphatic heterocycles. The quantitative estimate of drug-likeness (QED) is 0.0711. The second kappa shape index (κ2) is 11.9. The predicted octanol–water partition coefficient (Wildman–Crippen LogP) is 3.79. The molecule has 1 heterocycles. The number of fused-ring (bicyclic) bond motifs is 1. The maximum absolute atomic E-state index is 13.3. The molecule has 0 saturated heterocycles. The van der Waals surface area contributed by atoms with Crippen LogP contribution in [0.2, 0.25) is 0 Å². The van der Waals surface area contributed by atoms with Gasteiger partial charge in [0.1, 0.15) is 6.04 Å². The van der Waals surface area contributed by atoms with Gasteiger partial charge in [-0.15, -0.1) is 0 Å². The van der Waals surface area contributed by atoms with Gasteiger partial charge in [0.2, 0.25) is 5.96 Å². The van der Waals surface area contributed by atoms with E-state index in [1.165, 1.54) is 24.3 Å². The Hall–Kier alpha value is -4.13. The fourth-order valence-corrected chi connectivity index (χ4v) is 6.44. The van der Waals surface area contributed by atoms with Crippen molar-refractivity contribution in [2.75, 3.05) is 6.54 Å². The second-order valence-corrected chi connectivity index (χ2v) is 11.6. The second-order valence-electron chi connectivity index (χ2n) is 10.0. The Morgan fingerprint density at radius 2 is 1.93 bits per heavy atom. The molecule has 0 saturated carbocycles. The third kappa shape index (κ3) is 6.53. The number of aliphatic carboxylic acids is 1. The molecule has 0 aliphatic carbocycles. The summed E-state index contributed by atoms with van der Waals surface area (Å²) >= 11 is 0. The van der Waals surface area contributed by atoms with Crippen LogP contribution in [0.1, 0.15) is 64.9 Å². The number of carboxylic acid groups (broad SMARTS) is 1. The number of hydrogen-bond donors (Lipinski definition) is 5. The van der Waals surface area contributed by atoms with Gasteiger partial charge in [0.25, 0.3) is 15.9 Å². The fourth-order valence-electron chi connectivity index (χ4n) is 4.91. The number of guanidine groups is 1. The molecule has 13 nitrogen and oxygen atoms in total. The van der Waals surface area contributed by atoms with Crippen LogP contribution in [0.5, 0.6) is 0 Å². The summed E-state index contributed by atoms with van der Waals surface area (Å²) in [7, 11) is -4.10. The van der Waals surface area contributed by atoms with Crippen molar-refractivity contribution in [2.45, 2.75) is 70.6 Å². The summed E-state index contributed by atoms with van der Waals surface area (Å²) in [6.45, 7) is 9.60. The SMILES string of the molecule is Cc1c(C)c(S(=O)(=O)NC(=N)NCCC[C@H](NC(=O)c2cccc(N=[N+]=[N-])c2)C(=O)O)c(C)c2c1C(C)(C)OC2. The van der Waals surface area contributed by atoms with Crippen molar-refractivity contribution in [1.82, 2.24) is 15.4 Å². The van der Waals surface area contributed by atoms with Gasteiger partial charge in [0.15, 0.2) is 0 Å². The number of benzene rings is 2. The van der Waals surface area contributed by atoms with Crippen molar-refractivity contribution >= 4 is 33.5 Å². The van der Waals surface area contributed by atoms with Gasteiger partial charge in [0, 0.05) is 22.7 Å². The number of amides is 1. The third-order valence-electron chi connectivity index (χ3n) is 6.90. The van der Waals surface area contributed by atoms with E-state index in [0.29, 0.717) is 17.7 Å². The molecule has 1 amide bonds. The van der Waals surface area contributed by atoms with E-state index in [4.69, 9.17) is 15.7 Å². The van der Waals surface area contributed by atoms with Gasteiger partial charge in [-0.05, 0) is 92.9 Å². The Balaban J connectivity index is 1.60. The van der Waals surface area contributed by atoms with Crippen molar-refractivity contribution in [2.24, 2.45) is 5.11 Å². The van der Waals surface area contributed by atoms with Gasteiger partial charge in [-0.25, -0.2) is 17.9 Å². The first-order valence-corrected chi connectivity index (χ1v) is 14.0. The fraction of sp³-hybridized carbons (Fsp3) is 0.423. The largest absolute Gasteiger partial charge is 0.480 e. The smallest absolute Gasteiger partial charge is 0.326 e. The molecule has 2 aromatic rings. The van der Waals surface area contributed by atoms with Gasteiger partial charge in [-0.2, -0.15) is 0 Å². The number of nitrogens with zero attached hydrogens (tertiary/aromatic N) is 3. The van der Waals surface area contributed by atoms with Crippen LogP contribution in [-0.2, 0) is 31.8 Å². The van der Waals surface area contributed by atoms with Gasteiger partial charge in [0.05, 0.1) is 17.1 Å². The first-order chi connectivity index (χ1) is 18.7. The highest BCUT2D eigenvalue weighted by molar-refractivity contribution is 7.90. The maximum atomic E-state index is 13.3. The summed E-state index contributed by atoms with van der Waals surface area (Å²) in [6, 6.07) is 4.58. The number of carboxylic acids is 1. The zero-order valence-electron chi connectivity index (χ0n) is 23.0. The Morgan fingerprint density at radius 1 is 1.23 bits per heavy atom. The zero-order valence-corrected chi connectivity index (χ0v) is 23.8. The molecule has 0 fully saturated rings. The van der Waals surface area contributed by atoms with Crippen LogP contribution >= 0.6 is 0 Å². The third-order valence-corrected chi connectivity index (χ3v) is 8.52. The molecule has 0 bridgehead atoms. The molecule has 0 aromatic heterocycles. The first kappa shape index (κ1) is 30.4. The zero-order chi connectivity index (χ0) is 29.8. The standard InChI is InChI=1S/C26H33N7O6S/c1-14-15(2)22(16(3)19-13-39-26(4,5)21(14)19)40(37,38)32-25(27)29-11-7-10-20(24(35)36)30-23(34)17-8-6-9-18(12-17)31-33-28/h6,8-9,12,20H,7,10-11,13H2,1-5H3,(H,30,34)(H,35,36)(H3,27,29,32)/t20-/m0/s1. The first-order valence-electron chi connectivity index (χ1n) is 12.5. The van der Waals surface area contributed by atoms with E-state index >= 15 is 0 Å². The van der Waals surface area contributed by atoms with Crippen molar-refractivity contribution in [3.8, 4) is 0 Å². The van der Waals surface area contributed by atoms with Crippen molar-refractivity contribution < 1.29 is 27.9 Å². The normalized spacial score (nSPS) is 14.4. The summed E-state index contributed by atoms with van der Waals surface area (Å²) in [4.78, 5) is 26.9. The van der Waals surface area contributed by atoms with Crippen LogP contribution in [0.15, 0.2) is 34.3 Å². The lowest BCUT2D eigenvalue weighted by Crippen LogP contribution is -2.43. The minimum absolute atomic E-state index is 0.0160. The van der Waals surface area contributed by atoms with Gasteiger partial charge < -0.3 is 20.5 Å².